The Labute approximate surface area is 139 Å². The van der Waals surface area contributed by atoms with Gasteiger partial charge in [0, 0.05) is 17.6 Å². The lowest BCUT2D eigenvalue weighted by Crippen LogP contribution is -2.29. The Hall–Kier alpha value is -3.34. The van der Waals surface area contributed by atoms with Crippen LogP contribution in [0.3, 0.4) is 0 Å². The molecule has 2 aromatic carbocycles. The Bertz CT molecular complexity index is 812. The maximum absolute atomic E-state index is 8.63. The fourth-order valence-electron chi connectivity index (χ4n) is 2.33. The summed E-state index contributed by atoms with van der Waals surface area (Å²) in [4.78, 5) is 5.32. The molecule has 0 atom stereocenters. The molecule has 122 valence electrons. The molecule has 1 aliphatic rings. The van der Waals surface area contributed by atoms with E-state index in [2.05, 4.69) is 5.48 Å². The van der Waals surface area contributed by atoms with Crippen LogP contribution in [-0.4, -0.2) is 5.11 Å². The first-order valence-corrected chi connectivity index (χ1v) is 7.51. The van der Waals surface area contributed by atoms with Crippen molar-refractivity contribution in [2.24, 2.45) is 5.73 Å². The highest BCUT2D eigenvalue weighted by Crippen LogP contribution is 2.31. The van der Waals surface area contributed by atoms with E-state index >= 15 is 0 Å². The number of aromatic hydroxyl groups is 1. The normalized spacial score (nSPS) is 12.3. The van der Waals surface area contributed by atoms with E-state index in [0.717, 1.165) is 22.6 Å². The molecule has 0 radical (unpaired) electrons. The van der Waals surface area contributed by atoms with Gasteiger partial charge in [-0.1, -0.05) is 36.4 Å². The number of para-hydroxylation sites is 2. The standard InChI is InChI=1S/C13H12N2O2.C6H6O/c14-13-11(8-9-4-3-7-16-9)10-5-1-2-6-12(10)17-15-13;7-6-4-2-1-3-5-6/h1-7,15H,8,14H2;1-5,7H. The number of hydroxylamine groups is 1. The molecule has 0 amide bonds. The Balaban J connectivity index is 0.000000203. The molecular formula is C19H18N2O3. The molecule has 4 rings (SSSR count). The second kappa shape index (κ2) is 7.28. The molecule has 3 aromatic rings. The van der Waals surface area contributed by atoms with Crippen LogP contribution in [0.1, 0.15) is 11.3 Å². The fourth-order valence-corrected chi connectivity index (χ4v) is 2.33. The fraction of sp³-hybridized carbons (Fsp3) is 0.0526. The monoisotopic (exact) mass is 322 g/mol. The number of nitrogens with two attached hydrogens (primary N) is 1. The number of allylic oxidation sites excluding steroid dienone is 1. The number of benzene rings is 2. The number of rotatable bonds is 2. The molecule has 0 spiro atoms. The minimum absolute atomic E-state index is 0.322. The highest BCUT2D eigenvalue weighted by atomic mass is 16.6. The quantitative estimate of drug-likeness (QED) is 0.673. The average molecular weight is 322 g/mol. The molecule has 1 aliphatic heterocycles. The predicted molar refractivity (Wildman–Crippen MR) is 91.8 cm³/mol. The predicted octanol–water partition coefficient (Wildman–Crippen LogP) is 3.44. The molecule has 1 aromatic heterocycles. The van der Waals surface area contributed by atoms with Gasteiger partial charge in [-0.15, -0.1) is 0 Å². The number of fused-ring (bicyclic) bond motifs is 1. The minimum Gasteiger partial charge on any atom is -0.508 e. The van der Waals surface area contributed by atoms with E-state index < -0.39 is 0 Å². The SMILES string of the molecule is NC1=C(Cc2ccco2)c2ccccc2ON1.Oc1ccccc1. The molecule has 0 aliphatic carbocycles. The van der Waals surface area contributed by atoms with Crippen LogP contribution in [0.25, 0.3) is 5.57 Å². The van der Waals surface area contributed by atoms with Crippen LogP contribution in [0, 0.1) is 0 Å². The van der Waals surface area contributed by atoms with E-state index in [1.54, 1.807) is 30.5 Å². The van der Waals surface area contributed by atoms with Crippen molar-refractivity contribution in [3.8, 4) is 11.5 Å². The van der Waals surface area contributed by atoms with E-state index in [0.29, 0.717) is 18.0 Å². The third-order valence-corrected chi connectivity index (χ3v) is 3.50. The zero-order chi connectivity index (χ0) is 16.8. The van der Waals surface area contributed by atoms with Crippen LogP contribution in [-0.2, 0) is 6.42 Å². The van der Waals surface area contributed by atoms with Crippen molar-refractivity contribution in [2.45, 2.75) is 6.42 Å². The molecule has 0 fully saturated rings. The first-order valence-electron chi connectivity index (χ1n) is 7.51. The lowest BCUT2D eigenvalue weighted by molar-refractivity contribution is 0.222. The van der Waals surface area contributed by atoms with Gasteiger partial charge in [-0.25, -0.2) is 5.48 Å². The van der Waals surface area contributed by atoms with Crippen LogP contribution >= 0.6 is 0 Å². The summed E-state index contributed by atoms with van der Waals surface area (Å²) in [5.74, 6) is 2.51. The minimum atomic E-state index is 0.322. The lowest BCUT2D eigenvalue weighted by Gasteiger charge is -2.21. The molecule has 0 saturated heterocycles. The summed E-state index contributed by atoms with van der Waals surface area (Å²) in [7, 11) is 0. The van der Waals surface area contributed by atoms with Gasteiger partial charge in [0.2, 0.25) is 0 Å². The van der Waals surface area contributed by atoms with Crippen molar-refractivity contribution in [2.75, 3.05) is 0 Å². The number of furan rings is 1. The highest BCUT2D eigenvalue weighted by molar-refractivity contribution is 5.74. The van der Waals surface area contributed by atoms with Crippen LogP contribution < -0.4 is 16.1 Å². The van der Waals surface area contributed by atoms with Gasteiger partial charge >= 0.3 is 0 Å². The summed E-state index contributed by atoms with van der Waals surface area (Å²) in [6.07, 6.45) is 2.30. The molecule has 5 heteroatoms. The number of phenols is 1. The zero-order valence-corrected chi connectivity index (χ0v) is 13.0. The van der Waals surface area contributed by atoms with Crippen molar-refractivity contribution in [1.29, 1.82) is 0 Å². The molecule has 24 heavy (non-hydrogen) atoms. The first-order chi connectivity index (χ1) is 11.7. The smallest absolute Gasteiger partial charge is 0.162 e. The molecule has 0 saturated carbocycles. The third-order valence-electron chi connectivity index (χ3n) is 3.50. The molecule has 0 bridgehead atoms. The number of hydrogen-bond donors (Lipinski definition) is 3. The average Bonchev–Trinajstić information content (AvgIpc) is 3.12. The van der Waals surface area contributed by atoms with Crippen molar-refractivity contribution < 1.29 is 14.4 Å². The number of nitrogens with one attached hydrogen (secondary N) is 1. The molecule has 2 heterocycles. The maximum Gasteiger partial charge on any atom is 0.162 e. The van der Waals surface area contributed by atoms with Crippen LogP contribution in [0.15, 0.2) is 83.2 Å². The van der Waals surface area contributed by atoms with E-state index in [9.17, 15) is 0 Å². The van der Waals surface area contributed by atoms with Gasteiger partial charge in [-0.2, -0.15) is 0 Å². The Morgan fingerprint density at radius 3 is 2.33 bits per heavy atom. The molecule has 0 unspecified atom stereocenters. The van der Waals surface area contributed by atoms with Gasteiger partial charge in [0.1, 0.15) is 17.3 Å². The van der Waals surface area contributed by atoms with Gasteiger partial charge in [0.05, 0.1) is 6.26 Å². The Morgan fingerprint density at radius 2 is 1.67 bits per heavy atom. The topological polar surface area (TPSA) is 80.7 Å². The second-order valence-electron chi connectivity index (χ2n) is 5.18. The third kappa shape index (κ3) is 3.70. The summed E-state index contributed by atoms with van der Waals surface area (Å²) in [5.41, 5.74) is 10.6. The Kier molecular flexibility index (Phi) is 4.72. The lowest BCUT2D eigenvalue weighted by atomic mass is 10.00. The number of hydrogen-bond acceptors (Lipinski definition) is 5. The van der Waals surface area contributed by atoms with Gasteiger partial charge in [0.25, 0.3) is 0 Å². The van der Waals surface area contributed by atoms with Crippen LogP contribution in [0.2, 0.25) is 0 Å². The highest BCUT2D eigenvalue weighted by Gasteiger charge is 2.19. The summed E-state index contributed by atoms with van der Waals surface area (Å²) in [6, 6.07) is 20.3. The molecule has 4 N–H and O–H groups in total. The molecule has 5 nitrogen and oxygen atoms in total. The van der Waals surface area contributed by atoms with Crippen molar-refractivity contribution in [3.63, 3.8) is 0 Å². The van der Waals surface area contributed by atoms with E-state index in [1.165, 1.54) is 0 Å². The van der Waals surface area contributed by atoms with E-state index in [1.807, 2.05) is 42.5 Å². The van der Waals surface area contributed by atoms with Crippen LogP contribution in [0.5, 0.6) is 11.5 Å². The summed E-state index contributed by atoms with van der Waals surface area (Å²) >= 11 is 0. The second-order valence-corrected chi connectivity index (χ2v) is 5.18. The molecular weight excluding hydrogens is 304 g/mol. The first kappa shape index (κ1) is 15.6. The van der Waals surface area contributed by atoms with Crippen molar-refractivity contribution >= 4 is 5.57 Å². The maximum atomic E-state index is 8.63. The van der Waals surface area contributed by atoms with Gasteiger partial charge in [-0.05, 0) is 30.3 Å². The Morgan fingerprint density at radius 1 is 0.917 bits per heavy atom. The zero-order valence-electron chi connectivity index (χ0n) is 13.0. The largest absolute Gasteiger partial charge is 0.508 e. The summed E-state index contributed by atoms with van der Waals surface area (Å²) in [6.45, 7) is 0. The van der Waals surface area contributed by atoms with Gasteiger partial charge < -0.3 is 20.1 Å². The van der Waals surface area contributed by atoms with Gasteiger partial charge in [-0.3, -0.25) is 0 Å². The van der Waals surface area contributed by atoms with Crippen molar-refractivity contribution in [1.82, 2.24) is 5.48 Å². The van der Waals surface area contributed by atoms with Crippen molar-refractivity contribution in [3.05, 3.63) is 90.1 Å². The summed E-state index contributed by atoms with van der Waals surface area (Å²) < 4.78 is 5.34. The van der Waals surface area contributed by atoms with E-state index in [-0.39, 0.29) is 0 Å². The number of phenolic OH excluding ortho intramolecular Hbond substituents is 1. The summed E-state index contributed by atoms with van der Waals surface area (Å²) in [5, 5.41) is 8.63. The van der Waals surface area contributed by atoms with Gasteiger partial charge in [0.15, 0.2) is 5.75 Å². The van der Waals surface area contributed by atoms with E-state index in [4.69, 9.17) is 20.1 Å². The van der Waals surface area contributed by atoms with Crippen LogP contribution in [0.4, 0.5) is 0 Å².